The lowest BCUT2D eigenvalue weighted by Crippen LogP contribution is -2.41. The maximum Gasteiger partial charge on any atom is 0.494 e. The van der Waals surface area contributed by atoms with Gasteiger partial charge in [-0.1, -0.05) is 30.7 Å². The number of carbonyl (C=O) groups is 1. The van der Waals surface area contributed by atoms with E-state index in [1.54, 1.807) is 0 Å². The number of ether oxygens (including phenoxy) is 1. The summed E-state index contributed by atoms with van der Waals surface area (Å²) in [6.07, 6.45) is 2.81. The number of hydrogen-bond donors (Lipinski definition) is 1. The lowest BCUT2D eigenvalue weighted by atomic mass is 9.78. The molecular formula is C22H34BNO4. The van der Waals surface area contributed by atoms with E-state index in [0.29, 0.717) is 5.92 Å². The van der Waals surface area contributed by atoms with Crippen LogP contribution in [0.1, 0.15) is 79.2 Å². The van der Waals surface area contributed by atoms with Crippen LogP contribution in [0.25, 0.3) is 0 Å². The van der Waals surface area contributed by atoms with Crippen LogP contribution in [0.3, 0.4) is 0 Å². The maximum absolute atomic E-state index is 12.2. The largest absolute Gasteiger partial charge is 0.494 e. The normalized spacial score (nSPS) is 26.3. The molecule has 0 aromatic heterocycles. The average Bonchev–Trinajstić information content (AvgIpc) is 3.07. The van der Waals surface area contributed by atoms with Crippen LogP contribution >= 0.6 is 0 Å². The van der Waals surface area contributed by atoms with Crippen molar-refractivity contribution < 1.29 is 18.8 Å². The van der Waals surface area contributed by atoms with E-state index in [2.05, 4.69) is 57.3 Å². The zero-order chi connectivity index (χ0) is 20.7. The molecule has 2 aliphatic rings. The Morgan fingerprint density at radius 1 is 1.07 bits per heavy atom. The predicted octanol–water partition coefficient (Wildman–Crippen LogP) is 4.15. The molecule has 2 fully saturated rings. The summed E-state index contributed by atoms with van der Waals surface area (Å²) >= 11 is 0. The highest BCUT2D eigenvalue weighted by Gasteiger charge is 2.51. The van der Waals surface area contributed by atoms with Gasteiger partial charge in [0.2, 0.25) is 0 Å². The van der Waals surface area contributed by atoms with Gasteiger partial charge in [-0.25, -0.2) is 4.79 Å². The summed E-state index contributed by atoms with van der Waals surface area (Å²) in [5, 5.41) is 3.06. The third-order valence-electron chi connectivity index (χ3n) is 6.11. The van der Waals surface area contributed by atoms with Crippen LogP contribution in [0.15, 0.2) is 24.3 Å². The highest BCUT2D eigenvalue weighted by Crippen LogP contribution is 2.37. The first kappa shape index (κ1) is 21.2. The summed E-state index contributed by atoms with van der Waals surface area (Å²) in [6, 6.07) is 8.55. The van der Waals surface area contributed by atoms with Crippen LogP contribution in [-0.2, 0) is 14.0 Å². The highest BCUT2D eigenvalue weighted by atomic mass is 16.7. The maximum atomic E-state index is 12.2. The highest BCUT2D eigenvalue weighted by molar-refractivity contribution is 6.62. The molecule has 1 aliphatic carbocycles. The first-order chi connectivity index (χ1) is 12.9. The SMILES string of the molecule is CC(C)(C)OC(=O)NC1CCCC1c1ccc(B2OC(C)(C)C(C)(C)O2)cc1. The summed E-state index contributed by atoms with van der Waals surface area (Å²) in [7, 11) is -0.349. The zero-order valence-corrected chi connectivity index (χ0v) is 18.3. The molecule has 28 heavy (non-hydrogen) atoms. The van der Waals surface area contributed by atoms with Gasteiger partial charge in [-0.3, -0.25) is 0 Å². The molecule has 1 aromatic carbocycles. The van der Waals surface area contributed by atoms with E-state index < -0.39 is 5.60 Å². The minimum absolute atomic E-state index is 0.109. The van der Waals surface area contributed by atoms with E-state index in [4.69, 9.17) is 14.0 Å². The number of amides is 1. The van der Waals surface area contributed by atoms with Gasteiger partial charge in [0.1, 0.15) is 5.60 Å². The Bertz CT molecular complexity index is 692. The molecule has 0 spiro atoms. The van der Waals surface area contributed by atoms with Crippen LogP contribution in [-0.4, -0.2) is 36.1 Å². The predicted molar refractivity (Wildman–Crippen MR) is 112 cm³/mol. The lowest BCUT2D eigenvalue weighted by molar-refractivity contribution is 0.00578. The third-order valence-corrected chi connectivity index (χ3v) is 6.11. The van der Waals surface area contributed by atoms with E-state index in [-0.39, 0.29) is 30.5 Å². The van der Waals surface area contributed by atoms with E-state index in [1.165, 1.54) is 5.56 Å². The number of hydrogen-bond acceptors (Lipinski definition) is 4. The van der Waals surface area contributed by atoms with Crippen molar-refractivity contribution in [3.05, 3.63) is 29.8 Å². The van der Waals surface area contributed by atoms with Crippen molar-refractivity contribution in [2.24, 2.45) is 0 Å². The third kappa shape index (κ3) is 4.55. The first-order valence-electron chi connectivity index (χ1n) is 10.3. The van der Waals surface area contributed by atoms with Gasteiger partial charge < -0.3 is 19.4 Å². The monoisotopic (exact) mass is 387 g/mol. The van der Waals surface area contributed by atoms with Crippen LogP contribution in [0, 0.1) is 0 Å². The van der Waals surface area contributed by atoms with Crippen molar-refractivity contribution in [1.29, 1.82) is 0 Å². The van der Waals surface area contributed by atoms with Crippen LogP contribution in [0.5, 0.6) is 0 Å². The summed E-state index contributed by atoms with van der Waals surface area (Å²) < 4.78 is 17.7. The molecule has 0 bridgehead atoms. The fourth-order valence-corrected chi connectivity index (χ4v) is 3.87. The van der Waals surface area contributed by atoms with E-state index in [0.717, 1.165) is 24.7 Å². The topological polar surface area (TPSA) is 56.8 Å². The quantitative estimate of drug-likeness (QED) is 0.792. The fourth-order valence-electron chi connectivity index (χ4n) is 3.87. The van der Waals surface area contributed by atoms with Crippen molar-refractivity contribution >= 4 is 18.7 Å². The lowest BCUT2D eigenvalue weighted by Gasteiger charge is -2.32. The molecule has 2 unspecified atom stereocenters. The molecule has 1 N–H and O–H groups in total. The second kappa shape index (κ2) is 7.38. The van der Waals surface area contributed by atoms with Gasteiger partial charge in [-0.05, 0) is 72.3 Å². The van der Waals surface area contributed by atoms with Gasteiger partial charge in [0, 0.05) is 12.0 Å². The zero-order valence-electron chi connectivity index (χ0n) is 18.3. The van der Waals surface area contributed by atoms with E-state index in [9.17, 15) is 4.79 Å². The molecule has 154 valence electrons. The van der Waals surface area contributed by atoms with Crippen molar-refractivity contribution in [2.45, 2.75) is 96.5 Å². The minimum atomic E-state index is -0.483. The standard InChI is InChI=1S/C22H34BNO4/c1-20(2,3)26-19(25)24-18-10-8-9-17(18)15-11-13-16(14-12-15)23-27-21(4,5)22(6,7)28-23/h11-14,17-18H,8-10H2,1-7H3,(H,24,25). The van der Waals surface area contributed by atoms with Crippen molar-refractivity contribution in [1.82, 2.24) is 5.32 Å². The van der Waals surface area contributed by atoms with Crippen LogP contribution in [0.2, 0.25) is 0 Å². The van der Waals surface area contributed by atoms with Crippen molar-refractivity contribution in [3.63, 3.8) is 0 Å². The van der Waals surface area contributed by atoms with Gasteiger partial charge in [-0.2, -0.15) is 0 Å². The van der Waals surface area contributed by atoms with Gasteiger partial charge in [0.15, 0.2) is 0 Å². The van der Waals surface area contributed by atoms with Gasteiger partial charge >= 0.3 is 13.2 Å². The Balaban J connectivity index is 1.67. The number of rotatable bonds is 3. The Hall–Kier alpha value is -1.53. The molecule has 1 heterocycles. The molecule has 6 heteroatoms. The summed E-state index contributed by atoms with van der Waals surface area (Å²) in [4.78, 5) is 12.2. The molecule has 1 saturated heterocycles. The average molecular weight is 387 g/mol. The Morgan fingerprint density at radius 3 is 2.18 bits per heavy atom. The molecule has 1 saturated carbocycles. The number of alkyl carbamates (subject to hydrolysis) is 1. The van der Waals surface area contributed by atoms with Crippen LogP contribution in [0.4, 0.5) is 4.79 Å². The Kier molecular flexibility index (Phi) is 5.58. The molecule has 3 rings (SSSR count). The molecule has 1 aliphatic heterocycles. The van der Waals surface area contributed by atoms with Crippen molar-refractivity contribution in [2.75, 3.05) is 0 Å². The molecule has 1 aromatic rings. The molecule has 0 radical (unpaired) electrons. The summed E-state index contributed by atoms with van der Waals surface area (Å²) in [5.41, 5.74) is 1.09. The fraction of sp³-hybridized carbons (Fsp3) is 0.682. The van der Waals surface area contributed by atoms with E-state index >= 15 is 0 Å². The summed E-state index contributed by atoms with van der Waals surface area (Å²) in [5.74, 6) is 0.305. The summed E-state index contributed by atoms with van der Waals surface area (Å²) in [6.45, 7) is 13.9. The molecule has 1 amide bonds. The second-order valence-corrected chi connectivity index (χ2v) is 10.0. The van der Waals surface area contributed by atoms with Gasteiger partial charge in [-0.15, -0.1) is 0 Å². The van der Waals surface area contributed by atoms with Gasteiger partial charge in [0.05, 0.1) is 11.2 Å². The molecular weight excluding hydrogens is 353 g/mol. The Labute approximate surface area is 169 Å². The van der Waals surface area contributed by atoms with Gasteiger partial charge in [0.25, 0.3) is 0 Å². The Morgan fingerprint density at radius 2 is 1.64 bits per heavy atom. The first-order valence-corrected chi connectivity index (χ1v) is 10.3. The molecule has 2 atom stereocenters. The van der Waals surface area contributed by atoms with E-state index in [1.807, 2.05) is 20.8 Å². The van der Waals surface area contributed by atoms with Crippen molar-refractivity contribution in [3.8, 4) is 0 Å². The number of nitrogens with one attached hydrogen (secondary N) is 1. The smallest absolute Gasteiger partial charge is 0.444 e. The second-order valence-electron chi connectivity index (χ2n) is 10.0. The number of benzene rings is 1. The molecule has 5 nitrogen and oxygen atoms in total. The van der Waals surface area contributed by atoms with Crippen LogP contribution < -0.4 is 10.8 Å². The minimum Gasteiger partial charge on any atom is -0.444 e. The number of carbonyl (C=O) groups excluding carboxylic acids is 1.